The normalized spacial score (nSPS) is 11.5. The molecule has 81 heavy (non-hydrogen) atoms. The van der Waals surface area contributed by atoms with E-state index in [0.29, 0.717) is 0 Å². The van der Waals surface area contributed by atoms with Gasteiger partial charge >= 0.3 is 17.1 Å². The minimum absolute atomic E-state index is 0. The summed E-state index contributed by atoms with van der Waals surface area (Å²) in [5.74, 6) is -3.68. The van der Waals surface area contributed by atoms with E-state index in [9.17, 15) is 39.6 Å². The molecule has 0 aliphatic rings. The first-order chi connectivity index (χ1) is 39.1. The van der Waals surface area contributed by atoms with Gasteiger partial charge < -0.3 is 39.6 Å². The van der Waals surface area contributed by atoms with E-state index in [1.807, 2.05) is 0 Å². The second-order valence-electron chi connectivity index (χ2n) is 21.4. The molecule has 0 aromatic carbocycles. The number of carbonyl (C=O) groups is 4. The number of carboxylic acid groups (broad SMARTS) is 4. The van der Waals surface area contributed by atoms with Crippen LogP contribution in [0.2, 0.25) is 0 Å². The van der Waals surface area contributed by atoms with Crippen molar-refractivity contribution in [3.05, 3.63) is 97.2 Å². The Labute approximate surface area is 511 Å². The molecule has 8 nitrogen and oxygen atoms in total. The van der Waals surface area contributed by atoms with Gasteiger partial charge in [-0.25, -0.2) is 0 Å². The Morgan fingerprint density at radius 3 is 0.494 bits per heavy atom. The molecule has 0 spiro atoms. The fraction of sp³-hybridized carbons (Fsp3) is 0.722. The number of aliphatic carboxylic acids is 4. The van der Waals surface area contributed by atoms with Crippen molar-refractivity contribution in [1.82, 2.24) is 0 Å². The molecule has 0 aliphatic heterocycles. The molecule has 0 radical (unpaired) electrons. The monoisotopic (exact) mass is 1170 g/mol. The van der Waals surface area contributed by atoms with Gasteiger partial charge in [0.2, 0.25) is 0 Å². The second kappa shape index (κ2) is 82.8. The summed E-state index contributed by atoms with van der Waals surface area (Å²) in [5, 5.41) is 40.8. The van der Waals surface area contributed by atoms with Gasteiger partial charge in [-0.1, -0.05) is 253 Å². The fourth-order valence-electron chi connectivity index (χ4n) is 8.32. The van der Waals surface area contributed by atoms with Gasteiger partial charge in [-0.3, -0.25) is 0 Å². The molecule has 0 aliphatic carbocycles. The molecule has 470 valence electrons. The van der Waals surface area contributed by atoms with Crippen molar-refractivity contribution in [3.63, 3.8) is 0 Å². The van der Waals surface area contributed by atoms with Crippen molar-refractivity contribution in [2.24, 2.45) is 0 Å². The molecule has 0 fully saturated rings. The van der Waals surface area contributed by atoms with E-state index in [-0.39, 0.29) is 42.8 Å². The van der Waals surface area contributed by atoms with E-state index >= 15 is 0 Å². The Morgan fingerprint density at radius 1 is 0.210 bits per heavy atom. The Balaban J connectivity index is -0.000000316. The van der Waals surface area contributed by atoms with Gasteiger partial charge in [0.25, 0.3) is 0 Å². The number of hydrogen-bond acceptors (Lipinski definition) is 8. The van der Waals surface area contributed by atoms with Crippen LogP contribution in [0, 0.1) is 0 Å². The first-order valence-electron chi connectivity index (χ1n) is 33.1. The van der Waals surface area contributed by atoms with Crippen molar-refractivity contribution in [2.75, 3.05) is 0 Å². The van der Waals surface area contributed by atoms with Crippen LogP contribution in [0.1, 0.15) is 336 Å². The Bertz CT molecular complexity index is 1300. The van der Waals surface area contributed by atoms with Gasteiger partial charge in [0.05, 0.1) is 0 Å². The fourth-order valence-corrected chi connectivity index (χ4v) is 8.32. The second-order valence-corrected chi connectivity index (χ2v) is 21.4. The van der Waals surface area contributed by atoms with Crippen molar-refractivity contribution in [2.45, 2.75) is 336 Å². The molecule has 0 aromatic rings. The maximum atomic E-state index is 10.2. The summed E-state index contributed by atoms with van der Waals surface area (Å²) in [6.45, 7) is 8.93. The van der Waals surface area contributed by atoms with E-state index < -0.39 is 23.9 Å². The molecule has 0 heterocycles. The molecule has 0 amide bonds. The summed E-state index contributed by atoms with van der Waals surface area (Å²) in [6.07, 6.45) is 87.8. The summed E-state index contributed by atoms with van der Waals surface area (Å²) in [5.41, 5.74) is 0. The van der Waals surface area contributed by atoms with E-state index in [2.05, 4.69) is 125 Å². The topological polar surface area (TPSA) is 161 Å². The Hall–Kier alpha value is -3.68. The molecule has 0 saturated carbocycles. The van der Waals surface area contributed by atoms with Crippen LogP contribution < -0.4 is 20.4 Å². The summed E-state index contributed by atoms with van der Waals surface area (Å²) >= 11 is 0. The molecule has 9 heteroatoms. The number of rotatable bonds is 56. The molecule has 0 rings (SSSR count). The largest absolute Gasteiger partial charge is 2.00 e. The van der Waals surface area contributed by atoms with E-state index in [1.165, 1.54) is 154 Å². The van der Waals surface area contributed by atoms with Gasteiger partial charge in [-0.2, -0.15) is 0 Å². The van der Waals surface area contributed by atoms with Crippen molar-refractivity contribution in [3.8, 4) is 0 Å². The van der Waals surface area contributed by atoms with Gasteiger partial charge in [0.15, 0.2) is 0 Å². The van der Waals surface area contributed by atoms with Gasteiger partial charge in [-0.15, -0.1) is 0 Å². The first-order valence-corrected chi connectivity index (χ1v) is 33.1. The molecule has 0 bridgehead atoms. The van der Waals surface area contributed by atoms with Crippen LogP contribution in [-0.4, -0.2) is 23.9 Å². The number of unbranched alkanes of at least 4 members (excludes halogenated alkanes) is 32. The zero-order valence-electron chi connectivity index (χ0n) is 52.8. The SMILES string of the molecule is CCCCC/C=C\C/C=C\CCCCCCCC(=O)[O-].CCCCC/C=C\C/C=C\CCCCCCCC(=O)[O-].CCCCC/C=C\C/C=C\CCCCCCCC(=O)[O-].CCCCC/C=C\C/C=C\CCCCCCCC(=O)[O-].[Fe+2]. The van der Waals surface area contributed by atoms with E-state index in [4.69, 9.17) is 0 Å². The van der Waals surface area contributed by atoms with Crippen LogP contribution in [0.25, 0.3) is 0 Å². The summed E-state index contributed by atoms with van der Waals surface area (Å²) in [4.78, 5) is 40.8. The molecule has 0 N–H and O–H groups in total. The van der Waals surface area contributed by atoms with Crippen LogP contribution >= 0.6 is 0 Å². The Kier molecular flexibility index (Phi) is 88.0. The molecule has 0 atom stereocenters. The summed E-state index contributed by atoms with van der Waals surface area (Å²) in [7, 11) is 0. The minimum Gasteiger partial charge on any atom is -0.550 e. The van der Waals surface area contributed by atoms with Gasteiger partial charge in [-0.05, 0) is 180 Å². The summed E-state index contributed by atoms with van der Waals surface area (Å²) < 4.78 is 0. The van der Waals surface area contributed by atoms with E-state index in [1.54, 1.807) is 0 Å². The standard InChI is InChI=1S/4C18H32O2.Fe/c4*1-2-3-4-5-6-7-8-9-10-11-12-13-14-15-16-17-18(19)20;/h4*6-7,9-10H,2-5,8,11-17H2,1H3,(H,19,20);/q;;;;+2/p-4/b4*7-6-,10-9-;. The maximum Gasteiger partial charge on any atom is 2.00 e. The predicted molar refractivity (Wildman–Crippen MR) is 337 cm³/mol. The van der Waals surface area contributed by atoms with Crippen LogP contribution in [0.15, 0.2) is 97.2 Å². The zero-order chi connectivity index (χ0) is 59.6. The number of hydrogen-bond donors (Lipinski definition) is 0. The predicted octanol–water partition coefficient (Wildman–Crippen LogP) is 18.2. The van der Waals surface area contributed by atoms with Crippen LogP contribution in [0.3, 0.4) is 0 Å². The number of carboxylic acids is 4. The average molecular weight is 1170 g/mol. The van der Waals surface area contributed by atoms with E-state index in [0.717, 1.165) is 128 Å². The zero-order valence-corrected chi connectivity index (χ0v) is 53.9. The molecule has 0 aromatic heterocycles. The number of allylic oxidation sites excluding steroid dienone is 16. The smallest absolute Gasteiger partial charge is 0.550 e. The van der Waals surface area contributed by atoms with Crippen LogP contribution in [-0.2, 0) is 36.2 Å². The molecule has 0 unspecified atom stereocenters. The van der Waals surface area contributed by atoms with Gasteiger partial charge in [0.1, 0.15) is 0 Å². The van der Waals surface area contributed by atoms with Crippen LogP contribution in [0.5, 0.6) is 0 Å². The molecular formula is C72H124FeO8-2. The summed E-state index contributed by atoms with van der Waals surface area (Å²) in [6, 6.07) is 0. The quantitative estimate of drug-likeness (QED) is 0.0330. The van der Waals surface area contributed by atoms with Crippen LogP contribution in [0.4, 0.5) is 0 Å². The number of carbonyl (C=O) groups excluding carboxylic acids is 4. The van der Waals surface area contributed by atoms with Crippen molar-refractivity contribution >= 4 is 23.9 Å². The van der Waals surface area contributed by atoms with Crippen molar-refractivity contribution < 1.29 is 56.7 Å². The third-order valence-corrected chi connectivity index (χ3v) is 13.3. The molecule has 0 saturated heterocycles. The molecular weight excluding hydrogens is 1050 g/mol. The van der Waals surface area contributed by atoms with Gasteiger partial charge in [0, 0.05) is 23.9 Å². The minimum atomic E-state index is -0.921. The average Bonchev–Trinajstić information content (AvgIpc) is 3.43. The first kappa shape index (κ1) is 86.1. The third-order valence-electron chi connectivity index (χ3n) is 13.3. The Morgan fingerprint density at radius 2 is 0.346 bits per heavy atom. The third kappa shape index (κ3) is 102. The van der Waals surface area contributed by atoms with Crippen molar-refractivity contribution in [1.29, 1.82) is 0 Å². The maximum absolute atomic E-state index is 10.2.